The maximum atomic E-state index is 12.9. The predicted octanol–water partition coefficient (Wildman–Crippen LogP) is 4.24. The lowest BCUT2D eigenvalue weighted by molar-refractivity contribution is 0.464. The van der Waals surface area contributed by atoms with E-state index in [1.807, 2.05) is 6.92 Å². The minimum absolute atomic E-state index is 0.0533. The topological polar surface area (TPSA) is 87.2 Å². The molecule has 0 spiro atoms. The van der Waals surface area contributed by atoms with Gasteiger partial charge in [0.1, 0.15) is 0 Å². The summed E-state index contributed by atoms with van der Waals surface area (Å²) in [5.41, 5.74) is 0.341. The number of nitrogens with one attached hydrogen (secondary N) is 1. The molecule has 132 valence electrons. The normalized spacial score (nSPS) is 12.1. The first kappa shape index (κ1) is 17.1. The van der Waals surface area contributed by atoms with Crippen LogP contribution in [0.15, 0.2) is 57.1 Å². The lowest BCUT2D eigenvalue weighted by atomic mass is 10.2. The molecule has 4 rings (SSSR count). The maximum absolute atomic E-state index is 12.9. The van der Waals surface area contributed by atoms with E-state index in [1.165, 1.54) is 23.5 Å². The SMILES string of the molecule is Cc1ccc(S(=O)(=O)c2c(O)c3sc4cccc(Cl)c4c3[nH]c2=O)cc1. The predicted molar refractivity (Wildman–Crippen MR) is 103 cm³/mol. The number of hydrogen-bond donors (Lipinski definition) is 2. The zero-order chi connectivity index (χ0) is 18.6. The molecular weight excluding hydrogens is 394 g/mol. The number of hydrogen-bond acceptors (Lipinski definition) is 5. The van der Waals surface area contributed by atoms with Gasteiger partial charge in [0, 0.05) is 10.1 Å². The number of aromatic nitrogens is 1. The first-order valence-corrected chi connectivity index (χ1v) is 10.3. The molecule has 2 heterocycles. The third-order valence-corrected chi connectivity index (χ3v) is 7.43. The number of benzene rings is 2. The van der Waals surface area contributed by atoms with Crippen molar-refractivity contribution in [3.8, 4) is 5.75 Å². The lowest BCUT2D eigenvalue weighted by Crippen LogP contribution is -2.18. The molecule has 5 nitrogen and oxygen atoms in total. The third-order valence-electron chi connectivity index (χ3n) is 4.14. The van der Waals surface area contributed by atoms with Crippen LogP contribution in [0, 0.1) is 6.92 Å². The quantitative estimate of drug-likeness (QED) is 0.522. The summed E-state index contributed by atoms with van der Waals surface area (Å²) < 4.78 is 26.8. The van der Waals surface area contributed by atoms with E-state index in [-0.39, 0.29) is 9.60 Å². The summed E-state index contributed by atoms with van der Waals surface area (Å²) in [7, 11) is -4.18. The molecule has 0 unspecified atom stereocenters. The molecule has 0 saturated carbocycles. The highest BCUT2D eigenvalue weighted by atomic mass is 35.5. The van der Waals surface area contributed by atoms with Crippen molar-refractivity contribution in [3.63, 3.8) is 0 Å². The molecule has 0 aliphatic carbocycles. The minimum Gasteiger partial charge on any atom is -0.505 e. The molecular formula is C18H12ClNO4S2. The Balaban J connectivity index is 2.08. The summed E-state index contributed by atoms with van der Waals surface area (Å²) in [4.78, 5) is 14.4. The van der Waals surface area contributed by atoms with Crippen molar-refractivity contribution in [2.75, 3.05) is 0 Å². The van der Waals surface area contributed by atoms with Crippen LogP contribution in [0.1, 0.15) is 5.56 Å². The zero-order valence-electron chi connectivity index (χ0n) is 13.4. The van der Waals surface area contributed by atoms with Gasteiger partial charge in [-0.15, -0.1) is 11.3 Å². The van der Waals surface area contributed by atoms with Crippen molar-refractivity contribution in [2.24, 2.45) is 0 Å². The zero-order valence-corrected chi connectivity index (χ0v) is 15.8. The van der Waals surface area contributed by atoms with Crippen LogP contribution >= 0.6 is 22.9 Å². The Morgan fingerprint density at radius 2 is 1.81 bits per heavy atom. The molecule has 2 aromatic heterocycles. The Morgan fingerprint density at radius 1 is 1.12 bits per heavy atom. The van der Waals surface area contributed by atoms with Gasteiger partial charge in [0.2, 0.25) is 9.84 Å². The van der Waals surface area contributed by atoms with E-state index in [0.29, 0.717) is 15.9 Å². The average molecular weight is 406 g/mol. The van der Waals surface area contributed by atoms with E-state index in [0.717, 1.165) is 10.3 Å². The largest absolute Gasteiger partial charge is 0.505 e. The number of fused-ring (bicyclic) bond motifs is 3. The van der Waals surface area contributed by atoms with Gasteiger partial charge in [-0.2, -0.15) is 0 Å². The van der Waals surface area contributed by atoms with E-state index < -0.39 is 26.0 Å². The van der Waals surface area contributed by atoms with Crippen LogP contribution in [-0.2, 0) is 9.84 Å². The molecule has 2 aromatic carbocycles. The number of halogens is 1. The summed E-state index contributed by atoms with van der Waals surface area (Å²) in [6.45, 7) is 1.83. The number of aryl methyl sites for hydroxylation is 1. The van der Waals surface area contributed by atoms with Gasteiger partial charge >= 0.3 is 0 Å². The Kier molecular flexibility index (Phi) is 3.83. The molecule has 0 radical (unpaired) electrons. The molecule has 4 aromatic rings. The number of sulfone groups is 1. The summed E-state index contributed by atoms with van der Waals surface area (Å²) in [6.07, 6.45) is 0. The maximum Gasteiger partial charge on any atom is 0.271 e. The molecule has 2 N–H and O–H groups in total. The first-order chi connectivity index (χ1) is 12.3. The fourth-order valence-corrected chi connectivity index (χ4v) is 5.76. The molecule has 8 heteroatoms. The average Bonchev–Trinajstić information content (AvgIpc) is 2.95. The van der Waals surface area contributed by atoms with E-state index in [2.05, 4.69) is 4.98 Å². The minimum atomic E-state index is -4.18. The van der Waals surface area contributed by atoms with Gasteiger partial charge in [0.05, 0.1) is 20.1 Å². The Labute approximate surface area is 157 Å². The van der Waals surface area contributed by atoms with Crippen LogP contribution in [0.2, 0.25) is 5.02 Å². The fourth-order valence-electron chi connectivity index (χ4n) is 2.86. The molecule has 0 bridgehead atoms. The van der Waals surface area contributed by atoms with Crippen molar-refractivity contribution >= 4 is 53.1 Å². The van der Waals surface area contributed by atoms with Gasteiger partial charge in [-0.25, -0.2) is 8.42 Å². The van der Waals surface area contributed by atoms with Crippen LogP contribution in [-0.4, -0.2) is 18.5 Å². The van der Waals surface area contributed by atoms with Gasteiger partial charge in [-0.1, -0.05) is 35.4 Å². The molecule has 0 amide bonds. The molecule has 0 atom stereocenters. The smallest absolute Gasteiger partial charge is 0.271 e. The van der Waals surface area contributed by atoms with Crippen molar-refractivity contribution < 1.29 is 13.5 Å². The number of aromatic hydroxyl groups is 1. The van der Waals surface area contributed by atoms with E-state index in [1.54, 1.807) is 30.3 Å². The van der Waals surface area contributed by atoms with Crippen LogP contribution in [0.25, 0.3) is 20.3 Å². The second-order valence-electron chi connectivity index (χ2n) is 5.87. The second kappa shape index (κ2) is 5.84. The highest BCUT2D eigenvalue weighted by molar-refractivity contribution is 7.91. The van der Waals surface area contributed by atoms with Crippen LogP contribution in [0.4, 0.5) is 0 Å². The third kappa shape index (κ3) is 2.43. The van der Waals surface area contributed by atoms with Crippen LogP contribution in [0.5, 0.6) is 5.75 Å². The van der Waals surface area contributed by atoms with E-state index >= 15 is 0 Å². The highest BCUT2D eigenvalue weighted by Gasteiger charge is 2.28. The van der Waals surface area contributed by atoms with Crippen molar-refractivity contribution in [3.05, 3.63) is 63.4 Å². The second-order valence-corrected chi connectivity index (χ2v) is 9.21. The molecule has 0 aliphatic rings. The van der Waals surface area contributed by atoms with Gasteiger partial charge in [0.25, 0.3) is 5.56 Å². The Hall–Kier alpha value is -2.35. The lowest BCUT2D eigenvalue weighted by Gasteiger charge is -2.07. The van der Waals surface area contributed by atoms with E-state index in [9.17, 15) is 18.3 Å². The molecule has 26 heavy (non-hydrogen) atoms. The van der Waals surface area contributed by atoms with Crippen LogP contribution in [0.3, 0.4) is 0 Å². The standard InChI is InChI=1S/C18H12ClNO4S2/c1-9-5-7-10(8-6-9)26(23,24)17-15(21)16-14(20-18(17)22)13-11(19)3-2-4-12(13)25-16/h2-8H,1H3,(H2,20,21,22). The summed E-state index contributed by atoms with van der Waals surface area (Å²) >= 11 is 7.38. The van der Waals surface area contributed by atoms with Gasteiger partial charge in [-0.05, 0) is 31.2 Å². The molecule has 0 aliphatic heterocycles. The number of pyridine rings is 1. The van der Waals surface area contributed by atoms with Crippen LogP contribution < -0.4 is 5.56 Å². The molecule has 0 saturated heterocycles. The number of aromatic amines is 1. The first-order valence-electron chi connectivity index (χ1n) is 7.58. The summed E-state index contributed by atoms with van der Waals surface area (Å²) in [5, 5.41) is 11.6. The van der Waals surface area contributed by atoms with Gasteiger partial charge < -0.3 is 10.1 Å². The number of H-pyrrole nitrogens is 1. The van der Waals surface area contributed by atoms with E-state index in [4.69, 9.17) is 11.6 Å². The molecule has 0 fully saturated rings. The Bertz CT molecular complexity index is 1340. The summed E-state index contributed by atoms with van der Waals surface area (Å²) in [5.74, 6) is -0.554. The van der Waals surface area contributed by atoms with Crippen molar-refractivity contribution in [2.45, 2.75) is 16.7 Å². The van der Waals surface area contributed by atoms with Gasteiger partial charge in [-0.3, -0.25) is 4.79 Å². The highest BCUT2D eigenvalue weighted by Crippen LogP contribution is 2.42. The summed E-state index contributed by atoms with van der Waals surface area (Å²) in [6, 6.07) is 11.3. The Morgan fingerprint density at radius 3 is 2.50 bits per heavy atom. The number of thiophene rings is 1. The van der Waals surface area contributed by atoms with Crippen molar-refractivity contribution in [1.29, 1.82) is 0 Å². The van der Waals surface area contributed by atoms with Crippen molar-refractivity contribution in [1.82, 2.24) is 4.98 Å². The monoisotopic (exact) mass is 405 g/mol. The fraction of sp³-hybridized carbons (Fsp3) is 0.0556. The van der Waals surface area contributed by atoms with Gasteiger partial charge in [0.15, 0.2) is 10.6 Å². The number of rotatable bonds is 2.